The SMILES string of the molecule is NNC(=O)NS(=O)(=O)c1ccc(O)cc1. The third-order valence-corrected chi connectivity index (χ3v) is 2.85. The van der Waals surface area contributed by atoms with E-state index in [1.807, 2.05) is 0 Å². The average Bonchev–Trinajstić information content (AvgIpc) is 2.17. The maximum absolute atomic E-state index is 11.4. The van der Waals surface area contributed by atoms with Crippen molar-refractivity contribution in [3.05, 3.63) is 24.3 Å². The van der Waals surface area contributed by atoms with Gasteiger partial charge in [0.25, 0.3) is 10.0 Å². The second kappa shape index (κ2) is 4.15. The summed E-state index contributed by atoms with van der Waals surface area (Å²) in [7, 11) is -3.94. The number of carbonyl (C=O) groups is 1. The smallest absolute Gasteiger partial charge is 0.342 e. The molecule has 8 heteroatoms. The Morgan fingerprint density at radius 3 is 2.27 bits per heavy atom. The number of hydrazine groups is 1. The van der Waals surface area contributed by atoms with Gasteiger partial charge in [-0.05, 0) is 24.3 Å². The van der Waals surface area contributed by atoms with Crippen LogP contribution in [0.5, 0.6) is 5.75 Å². The predicted octanol–water partition coefficient (Wildman–Crippen LogP) is -0.746. The number of nitrogens with two attached hydrogens (primary N) is 1. The number of sulfonamides is 1. The lowest BCUT2D eigenvalue weighted by molar-refractivity contribution is 0.246. The zero-order valence-electron chi connectivity index (χ0n) is 7.47. The lowest BCUT2D eigenvalue weighted by Gasteiger charge is -2.05. The van der Waals surface area contributed by atoms with Gasteiger partial charge in [-0.2, -0.15) is 0 Å². The molecule has 5 N–H and O–H groups in total. The van der Waals surface area contributed by atoms with Crippen molar-refractivity contribution in [1.29, 1.82) is 0 Å². The number of benzene rings is 1. The minimum atomic E-state index is -3.94. The van der Waals surface area contributed by atoms with Crippen LogP contribution in [-0.2, 0) is 10.0 Å². The van der Waals surface area contributed by atoms with E-state index in [1.165, 1.54) is 12.1 Å². The molecule has 0 bridgehead atoms. The Hall–Kier alpha value is -1.80. The Bertz CT molecular complexity index is 454. The molecule has 82 valence electrons. The molecular weight excluding hydrogens is 222 g/mol. The molecule has 2 amide bonds. The molecule has 0 aromatic heterocycles. The number of amides is 2. The highest BCUT2D eigenvalue weighted by Crippen LogP contribution is 2.13. The highest BCUT2D eigenvalue weighted by Gasteiger charge is 2.16. The van der Waals surface area contributed by atoms with Crippen molar-refractivity contribution < 1.29 is 18.3 Å². The van der Waals surface area contributed by atoms with Crippen molar-refractivity contribution in [3.63, 3.8) is 0 Å². The third-order valence-electron chi connectivity index (χ3n) is 1.51. The molecule has 0 spiro atoms. The summed E-state index contributed by atoms with van der Waals surface area (Å²) in [5.74, 6) is 4.64. The van der Waals surface area contributed by atoms with Crippen molar-refractivity contribution in [1.82, 2.24) is 10.1 Å². The van der Waals surface area contributed by atoms with Gasteiger partial charge in [0, 0.05) is 0 Å². The molecule has 7 nitrogen and oxygen atoms in total. The van der Waals surface area contributed by atoms with E-state index in [0.29, 0.717) is 0 Å². The Morgan fingerprint density at radius 1 is 1.27 bits per heavy atom. The van der Waals surface area contributed by atoms with Crippen molar-refractivity contribution in [2.75, 3.05) is 0 Å². The number of urea groups is 1. The van der Waals surface area contributed by atoms with Crippen molar-refractivity contribution in [2.45, 2.75) is 4.90 Å². The van der Waals surface area contributed by atoms with Crippen LogP contribution in [0.4, 0.5) is 4.79 Å². The lowest BCUT2D eigenvalue weighted by atomic mass is 10.3. The first-order valence-electron chi connectivity index (χ1n) is 3.78. The fourth-order valence-electron chi connectivity index (χ4n) is 0.836. The van der Waals surface area contributed by atoms with Gasteiger partial charge in [0.05, 0.1) is 4.90 Å². The normalized spacial score (nSPS) is 10.7. The van der Waals surface area contributed by atoms with E-state index in [2.05, 4.69) is 0 Å². The monoisotopic (exact) mass is 231 g/mol. The van der Waals surface area contributed by atoms with Crippen LogP contribution < -0.4 is 16.0 Å². The van der Waals surface area contributed by atoms with E-state index < -0.39 is 16.1 Å². The Morgan fingerprint density at radius 2 is 1.80 bits per heavy atom. The molecule has 0 fully saturated rings. The van der Waals surface area contributed by atoms with Gasteiger partial charge >= 0.3 is 6.03 Å². The molecular formula is C7H9N3O4S. The minimum absolute atomic E-state index is 0.0720. The quantitative estimate of drug-likeness (QED) is 0.303. The van der Waals surface area contributed by atoms with Gasteiger partial charge < -0.3 is 5.11 Å². The summed E-state index contributed by atoms with van der Waals surface area (Å²) in [6, 6.07) is 3.65. The van der Waals surface area contributed by atoms with Crippen LogP contribution in [0.3, 0.4) is 0 Å². The molecule has 0 radical (unpaired) electrons. The topological polar surface area (TPSA) is 122 Å². The fourth-order valence-corrected chi connectivity index (χ4v) is 1.75. The summed E-state index contributed by atoms with van der Waals surface area (Å²) in [4.78, 5) is 10.5. The molecule has 1 aromatic carbocycles. The third kappa shape index (κ3) is 2.82. The van der Waals surface area contributed by atoms with Crippen molar-refractivity contribution >= 4 is 16.1 Å². The second-order valence-corrected chi connectivity index (χ2v) is 4.26. The maximum atomic E-state index is 11.4. The van der Waals surface area contributed by atoms with Gasteiger partial charge in [0.1, 0.15) is 5.75 Å². The largest absolute Gasteiger partial charge is 0.508 e. The van der Waals surface area contributed by atoms with E-state index in [-0.39, 0.29) is 10.6 Å². The first kappa shape index (κ1) is 11.3. The zero-order valence-corrected chi connectivity index (χ0v) is 8.28. The number of hydrogen-bond acceptors (Lipinski definition) is 5. The summed E-state index contributed by atoms with van der Waals surface area (Å²) in [6.45, 7) is 0. The van der Waals surface area contributed by atoms with Gasteiger partial charge in [-0.15, -0.1) is 0 Å². The summed E-state index contributed by atoms with van der Waals surface area (Å²) in [5, 5.41) is 8.94. The van der Waals surface area contributed by atoms with E-state index in [4.69, 9.17) is 10.9 Å². The second-order valence-electron chi connectivity index (χ2n) is 2.57. The molecule has 1 aromatic rings. The first-order chi connectivity index (χ1) is 6.95. The summed E-state index contributed by atoms with van der Waals surface area (Å²) < 4.78 is 24.5. The number of aromatic hydroxyl groups is 1. The van der Waals surface area contributed by atoms with Gasteiger partial charge in [0.15, 0.2) is 0 Å². The van der Waals surface area contributed by atoms with E-state index in [1.54, 1.807) is 10.1 Å². The lowest BCUT2D eigenvalue weighted by Crippen LogP contribution is -2.42. The van der Waals surface area contributed by atoms with Crippen LogP contribution in [-0.4, -0.2) is 19.6 Å². The number of hydrogen-bond donors (Lipinski definition) is 4. The van der Waals surface area contributed by atoms with Gasteiger partial charge in [-0.1, -0.05) is 0 Å². The molecule has 0 aliphatic heterocycles. The summed E-state index contributed by atoms with van der Waals surface area (Å²) in [6.07, 6.45) is 0. The Kier molecular flexibility index (Phi) is 3.12. The van der Waals surface area contributed by atoms with Crippen LogP contribution in [0.25, 0.3) is 0 Å². The molecule has 15 heavy (non-hydrogen) atoms. The highest BCUT2D eigenvalue weighted by molar-refractivity contribution is 7.90. The van der Waals surface area contributed by atoms with E-state index in [9.17, 15) is 13.2 Å². The zero-order chi connectivity index (χ0) is 11.5. The molecule has 0 unspecified atom stereocenters. The molecule has 0 saturated carbocycles. The number of phenolic OH excluding ortho intramolecular Hbond substituents is 1. The number of carbonyl (C=O) groups excluding carboxylic acids is 1. The standard InChI is InChI=1S/C7H9N3O4S/c8-9-7(12)10-15(13,14)6-3-1-5(11)2-4-6/h1-4,11H,8H2,(H2,9,10,12). The van der Waals surface area contributed by atoms with Crippen LogP contribution >= 0.6 is 0 Å². The van der Waals surface area contributed by atoms with Crippen LogP contribution in [0.2, 0.25) is 0 Å². The van der Waals surface area contributed by atoms with E-state index in [0.717, 1.165) is 12.1 Å². The summed E-state index contributed by atoms with van der Waals surface area (Å²) in [5.41, 5.74) is 1.62. The Labute approximate surface area is 85.9 Å². The Balaban J connectivity index is 2.96. The van der Waals surface area contributed by atoms with Crippen molar-refractivity contribution in [2.24, 2.45) is 5.84 Å². The molecule has 0 aliphatic rings. The summed E-state index contributed by atoms with van der Waals surface area (Å²) >= 11 is 0. The molecule has 0 aliphatic carbocycles. The maximum Gasteiger partial charge on any atom is 0.342 e. The van der Waals surface area contributed by atoms with Crippen LogP contribution in [0.15, 0.2) is 29.2 Å². The molecule has 0 heterocycles. The number of phenols is 1. The van der Waals surface area contributed by atoms with Crippen LogP contribution in [0.1, 0.15) is 0 Å². The van der Waals surface area contributed by atoms with Crippen molar-refractivity contribution in [3.8, 4) is 5.75 Å². The predicted molar refractivity (Wildman–Crippen MR) is 51.1 cm³/mol. The first-order valence-corrected chi connectivity index (χ1v) is 5.26. The molecule has 0 saturated heterocycles. The molecule has 0 atom stereocenters. The van der Waals surface area contributed by atoms with Gasteiger partial charge in [-0.3, -0.25) is 5.43 Å². The fraction of sp³-hybridized carbons (Fsp3) is 0. The van der Waals surface area contributed by atoms with Gasteiger partial charge in [0.2, 0.25) is 0 Å². The minimum Gasteiger partial charge on any atom is -0.508 e. The molecule has 1 rings (SSSR count). The van der Waals surface area contributed by atoms with Crippen LogP contribution in [0, 0.1) is 0 Å². The average molecular weight is 231 g/mol. The van der Waals surface area contributed by atoms with E-state index >= 15 is 0 Å². The highest BCUT2D eigenvalue weighted by atomic mass is 32.2. The number of rotatable bonds is 2. The van der Waals surface area contributed by atoms with Gasteiger partial charge in [-0.25, -0.2) is 23.8 Å². The number of nitrogens with one attached hydrogen (secondary N) is 2.